The van der Waals surface area contributed by atoms with Crippen LogP contribution in [0.3, 0.4) is 0 Å². The van der Waals surface area contributed by atoms with Crippen molar-refractivity contribution in [2.45, 2.75) is 17.3 Å². The van der Waals surface area contributed by atoms with Gasteiger partial charge in [-0.2, -0.15) is 0 Å². The molecule has 3 rings (SSSR count). The highest BCUT2D eigenvalue weighted by molar-refractivity contribution is 7.99. The lowest BCUT2D eigenvalue weighted by molar-refractivity contribution is 0.102. The van der Waals surface area contributed by atoms with Crippen molar-refractivity contribution in [2.75, 3.05) is 5.32 Å². The van der Waals surface area contributed by atoms with Gasteiger partial charge in [-0.15, -0.1) is 5.10 Å². The van der Waals surface area contributed by atoms with Gasteiger partial charge in [-0.1, -0.05) is 42.1 Å². The second-order valence-electron chi connectivity index (χ2n) is 5.58. The molecule has 2 aromatic carbocycles. The van der Waals surface area contributed by atoms with Gasteiger partial charge in [0, 0.05) is 23.5 Å². The van der Waals surface area contributed by atoms with E-state index in [1.807, 2.05) is 49.4 Å². The number of carbonyl (C=O) groups is 1. The number of H-pyrrole nitrogens is 1. The minimum Gasteiger partial charge on any atom is -0.322 e. The summed E-state index contributed by atoms with van der Waals surface area (Å²) in [5, 5.41) is 10.0. The maximum atomic E-state index is 12.3. The summed E-state index contributed by atoms with van der Waals surface area (Å²) in [4.78, 5) is 23.7. The van der Waals surface area contributed by atoms with Crippen LogP contribution in [0.15, 0.2) is 64.5 Å². The van der Waals surface area contributed by atoms with E-state index in [1.165, 1.54) is 16.3 Å². The van der Waals surface area contributed by atoms with Crippen LogP contribution >= 0.6 is 11.8 Å². The number of carbonyl (C=O) groups excluding carboxylic acids is 1. The zero-order chi connectivity index (χ0) is 17.8. The predicted octanol–water partition coefficient (Wildman–Crippen LogP) is 3.21. The van der Waals surface area contributed by atoms with Crippen LogP contribution in [0.25, 0.3) is 0 Å². The van der Waals surface area contributed by atoms with Crippen LogP contribution in [0.4, 0.5) is 5.69 Å². The smallest absolute Gasteiger partial charge is 0.322 e. The molecule has 1 amide bonds. The van der Waals surface area contributed by atoms with Gasteiger partial charge in [0.1, 0.15) is 0 Å². The number of aromatic nitrogens is 3. The first-order valence-corrected chi connectivity index (χ1v) is 8.67. The quantitative estimate of drug-likeness (QED) is 0.690. The summed E-state index contributed by atoms with van der Waals surface area (Å²) in [5.41, 5.74) is 2.14. The lowest BCUT2D eigenvalue weighted by Gasteiger charge is -2.13. The van der Waals surface area contributed by atoms with Crippen molar-refractivity contribution in [3.05, 3.63) is 76.2 Å². The van der Waals surface area contributed by atoms with Crippen LogP contribution in [-0.4, -0.2) is 20.7 Å². The standard InChI is InChI=1S/C18H18N4O2S/c1-12(25-18-21-20-17(24)22(18)2)14-9-6-10-15(11-14)19-16(23)13-7-4-3-5-8-13/h3-12H,1-2H3,(H,19,23)(H,20,24). The van der Waals surface area contributed by atoms with E-state index in [2.05, 4.69) is 15.5 Å². The molecule has 0 saturated carbocycles. The third-order valence-electron chi connectivity index (χ3n) is 3.77. The molecule has 1 heterocycles. The highest BCUT2D eigenvalue weighted by Crippen LogP contribution is 2.33. The fourth-order valence-corrected chi connectivity index (χ4v) is 3.26. The van der Waals surface area contributed by atoms with E-state index < -0.39 is 0 Å². The normalized spacial score (nSPS) is 11.9. The molecule has 2 N–H and O–H groups in total. The van der Waals surface area contributed by atoms with Crippen molar-refractivity contribution in [1.82, 2.24) is 14.8 Å². The molecule has 0 saturated heterocycles. The molecule has 3 aromatic rings. The zero-order valence-corrected chi connectivity index (χ0v) is 14.7. The van der Waals surface area contributed by atoms with Gasteiger partial charge in [-0.25, -0.2) is 9.89 Å². The molecular formula is C18H18N4O2S. The molecule has 0 radical (unpaired) electrons. The zero-order valence-electron chi connectivity index (χ0n) is 13.9. The third kappa shape index (κ3) is 4.00. The van der Waals surface area contributed by atoms with E-state index in [1.54, 1.807) is 19.2 Å². The van der Waals surface area contributed by atoms with E-state index in [0.29, 0.717) is 10.7 Å². The lowest BCUT2D eigenvalue weighted by Crippen LogP contribution is -2.13. The Balaban J connectivity index is 1.73. The summed E-state index contributed by atoms with van der Waals surface area (Å²) in [6.07, 6.45) is 0. The number of hydrogen-bond donors (Lipinski definition) is 2. The minimum absolute atomic E-state index is 0.0717. The van der Waals surface area contributed by atoms with Crippen LogP contribution in [0.5, 0.6) is 0 Å². The second kappa shape index (κ2) is 7.40. The Morgan fingerprint density at radius 1 is 1.20 bits per heavy atom. The SMILES string of the molecule is CC(Sc1n[nH]c(=O)n1C)c1cccc(NC(=O)c2ccccc2)c1. The predicted molar refractivity (Wildman–Crippen MR) is 98.9 cm³/mol. The fourth-order valence-electron chi connectivity index (χ4n) is 2.33. The number of benzene rings is 2. The van der Waals surface area contributed by atoms with Crippen molar-refractivity contribution < 1.29 is 4.79 Å². The maximum Gasteiger partial charge on any atom is 0.343 e. The van der Waals surface area contributed by atoms with Crippen LogP contribution in [0.2, 0.25) is 0 Å². The number of rotatable bonds is 5. The van der Waals surface area contributed by atoms with Crippen LogP contribution in [0.1, 0.15) is 28.1 Å². The van der Waals surface area contributed by atoms with Crippen molar-refractivity contribution >= 4 is 23.4 Å². The molecule has 0 bridgehead atoms. The number of anilines is 1. The molecule has 1 atom stereocenters. The van der Waals surface area contributed by atoms with Crippen LogP contribution in [-0.2, 0) is 7.05 Å². The summed E-state index contributed by atoms with van der Waals surface area (Å²) < 4.78 is 1.47. The van der Waals surface area contributed by atoms with Gasteiger partial charge in [0.15, 0.2) is 5.16 Å². The number of nitrogens with one attached hydrogen (secondary N) is 2. The number of hydrogen-bond acceptors (Lipinski definition) is 4. The topological polar surface area (TPSA) is 79.8 Å². The highest BCUT2D eigenvalue weighted by Gasteiger charge is 2.13. The summed E-state index contributed by atoms with van der Waals surface area (Å²) in [5.74, 6) is -0.146. The molecule has 1 aromatic heterocycles. The van der Waals surface area contributed by atoms with Crippen LogP contribution in [0, 0.1) is 0 Å². The monoisotopic (exact) mass is 354 g/mol. The maximum absolute atomic E-state index is 12.3. The first-order chi connectivity index (χ1) is 12.0. The summed E-state index contributed by atoms with van der Waals surface area (Å²) >= 11 is 1.48. The van der Waals surface area contributed by atoms with Gasteiger partial charge >= 0.3 is 5.69 Å². The van der Waals surface area contributed by atoms with E-state index in [4.69, 9.17) is 0 Å². The average molecular weight is 354 g/mol. The van der Waals surface area contributed by atoms with Gasteiger partial charge < -0.3 is 5.32 Å². The van der Waals surface area contributed by atoms with Gasteiger partial charge in [0.05, 0.1) is 0 Å². The first-order valence-electron chi connectivity index (χ1n) is 7.79. The molecule has 0 aliphatic carbocycles. The fraction of sp³-hybridized carbons (Fsp3) is 0.167. The van der Waals surface area contributed by atoms with Gasteiger partial charge in [-0.3, -0.25) is 9.36 Å². The summed E-state index contributed by atoms with van der Waals surface area (Å²) in [6, 6.07) is 16.8. The second-order valence-corrected chi connectivity index (χ2v) is 6.88. The summed E-state index contributed by atoms with van der Waals surface area (Å²) in [6.45, 7) is 2.03. The average Bonchev–Trinajstić information content (AvgIpc) is 2.94. The molecule has 25 heavy (non-hydrogen) atoms. The van der Waals surface area contributed by atoms with Crippen molar-refractivity contribution in [3.63, 3.8) is 0 Å². The van der Waals surface area contributed by atoms with Gasteiger partial charge in [-0.05, 0) is 36.8 Å². The molecule has 0 aliphatic heterocycles. The molecule has 6 nitrogen and oxygen atoms in total. The lowest BCUT2D eigenvalue weighted by atomic mass is 10.1. The number of thioether (sulfide) groups is 1. The van der Waals surface area contributed by atoms with Crippen molar-refractivity contribution in [1.29, 1.82) is 0 Å². The Labute approximate surface area is 149 Å². The van der Waals surface area contributed by atoms with E-state index in [-0.39, 0.29) is 16.8 Å². The molecular weight excluding hydrogens is 336 g/mol. The molecule has 1 unspecified atom stereocenters. The van der Waals surface area contributed by atoms with E-state index >= 15 is 0 Å². The Bertz CT molecular complexity index is 934. The molecule has 128 valence electrons. The van der Waals surface area contributed by atoms with Crippen molar-refractivity contribution in [2.24, 2.45) is 7.05 Å². The Kier molecular flexibility index (Phi) is 5.04. The Hall–Kier alpha value is -2.80. The highest BCUT2D eigenvalue weighted by atomic mass is 32.2. The molecule has 0 fully saturated rings. The molecule has 7 heteroatoms. The molecule has 0 spiro atoms. The largest absolute Gasteiger partial charge is 0.343 e. The van der Waals surface area contributed by atoms with E-state index in [9.17, 15) is 9.59 Å². The van der Waals surface area contributed by atoms with Gasteiger partial charge in [0.25, 0.3) is 5.91 Å². The molecule has 0 aliphatic rings. The number of amides is 1. The van der Waals surface area contributed by atoms with E-state index in [0.717, 1.165) is 11.3 Å². The van der Waals surface area contributed by atoms with Crippen molar-refractivity contribution in [3.8, 4) is 0 Å². The third-order valence-corrected chi connectivity index (χ3v) is 4.97. The van der Waals surface area contributed by atoms with Gasteiger partial charge in [0.2, 0.25) is 0 Å². The minimum atomic E-state index is -0.237. The summed E-state index contributed by atoms with van der Waals surface area (Å²) in [7, 11) is 1.68. The first kappa shape index (κ1) is 17.0. The van der Waals surface area contributed by atoms with Crippen LogP contribution < -0.4 is 11.0 Å². The number of aromatic amines is 1. The Morgan fingerprint density at radius 2 is 1.96 bits per heavy atom. The number of nitrogens with zero attached hydrogens (tertiary/aromatic N) is 2. The Morgan fingerprint density at radius 3 is 2.64 bits per heavy atom.